The number of methoxy groups -OCH3 is 1. The molecule has 152 valence electrons. The van der Waals surface area contributed by atoms with Crippen LogP contribution in [0, 0.1) is 6.92 Å². The maximum absolute atomic E-state index is 12.8. The van der Waals surface area contributed by atoms with Crippen molar-refractivity contribution in [1.82, 2.24) is 14.2 Å². The van der Waals surface area contributed by atoms with E-state index in [0.717, 1.165) is 16.9 Å². The van der Waals surface area contributed by atoms with Gasteiger partial charge in [-0.15, -0.1) is 0 Å². The van der Waals surface area contributed by atoms with Crippen molar-refractivity contribution in [2.24, 2.45) is 0 Å². The quantitative estimate of drug-likeness (QED) is 0.531. The Morgan fingerprint density at radius 1 is 1.13 bits per heavy atom. The molecular formula is C22H19ClN4O3. The Morgan fingerprint density at radius 2 is 1.90 bits per heavy atom. The van der Waals surface area contributed by atoms with Crippen molar-refractivity contribution in [3.8, 4) is 17.0 Å². The van der Waals surface area contributed by atoms with Gasteiger partial charge in [-0.05, 0) is 55.0 Å². The minimum absolute atomic E-state index is 0.121. The van der Waals surface area contributed by atoms with E-state index >= 15 is 0 Å². The van der Waals surface area contributed by atoms with E-state index in [4.69, 9.17) is 16.3 Å². The Kier molecular flexibility index (Phi) is 5.29. The third-order valence-electron chi connectivity index (χ3n) is 4.76. The Hall–Kier alpha value is -3.58. The van der Waals surface area contributed by atoms with E-state index in [2.05, 4.69) is 10.4 Å². The maximum atomic E-state index is 12.8. The number of hydrogen-bond donors (Lipinski definition) is 1. The zero-order valence-corrected chi connectivity index (χ0v) is 17.2. The summed E-state index contributed by atoms with van der Waals surface area (Å²) in [5.74, 6) is 0.419. The fraction of sp³-hybridized carbons (Fsp3) is 0.136. The van der Waals surface area contributed by atoms with Crippen LogP contribution in [0.4, 0.5) is 5.69 Å². The van der Waals surface area contributed by atoms with Crippen LogP contribution in [-0.2, 0) is 11.3 Å². The van der Waals surface area contributed by atoms with Crippen molar-refractivity contribution in [1.29, 1.82) is 0 Å². The van der Waals surface area contributed by atoms with Gasteiger partial charge in [0.05, 0.1) is 12.8 Å². The van der Waals surface area contributed by atoms with Gasteiger partial charge in [-0.2, -0.15) is 5.10 Å². The van der Waals surface area contributed by atoms with Crippen molar-refractivity contribution in [3.05, 3.63) is 81.9 Å². The van der Waals surface area contributed by atoms with Crippen molar-refractivity contribution in [3.63, 3.8) is 0 Å². The molecule has 0 atom stereocenters. The third kappa shape index (κ3) is 3.92. The van der Waals surface area contributed by atoms with E-state index in [9.17, 15) is 9.59 Å². The Bertz CT molecular complexity index is 1290. The minimum atomic E-state index is -0.323. The molecule has 0 aliphatic rings. The molecule has 2 aromatic heterocycles. The number of fused-ring (bicyclic) bond motifs is 1. The molecule has 1 amide bonds. The molecule has 1 N–H and O–H groups in total. The number of nitrogens with one attached hydrogen (secondary N) is 1. The van der Waals surface area contributed by atoms with Crippen molar-refractivity contribution in [2.45, 2.75) is 13.5 Å². The molecule has 2 aromatic carbocycles. The standard InChI is InChI=1S/C22H19ClN4O3/c1-14-3-6-16(11-18(14)23)24-21(28)13-26-9-10-27-20(22(26)29)12-19(25-27)15-4-7-17(30-2)8-5-15/h3-12H,13H2,1-2H3,(H,24,28). The lowest BCUT2D eigenvalue weighted by Gasteiger charge is -2.08. The van der Waals surface area contributed by atoms with E-state index < -0.39 is 0 Å². The van der Waals surface area contributed by atoms with E-state index in [1.54, 1.807) is 37.7 Å². The summed E-state index contributed by atoms with van der Waals surface area (Å²) in [5, 5.41) is 7.78. The summed E-state index contributed by atoms with van der Waals surface area (Å²) in [5.41, 5.74) is 3.10. The van der Waals surface area contributed by atoms with Crippen LogP contribution in [-0.4, -0.2) is 27.2 Å². The Balaban J connectivity index is 1.57. The number of rotatable bonds is 5. The van der Waals surface area contributed by atoms with Crippen LogP contribution in [0.15, 0.2) is 65.7 Å². The van der Waals surface area contributed by atoms with Gasteiger partial charge < -0.3 is 14.6 Å². The highest BCUT2D eigenvalue weighted by Crippen LogP contribution is 2.22. The topological polar surface area (TPSA) is 77.6 Å². The third-order valence-corrected chi connectivity index (χ3v) is 5.17. The van der Waals surface area contributed by atoms with Gasteiger partial charge in [0, 0.05) is 28.7 Å². The summed E-state index contributed by atoms with van der Waals surface area (Å²) in [6.45, 7) is 1.76. The van der Waals surface area contributed by atoms with E-state index in [-0.39, 0.29) is 18.0 Å². The normalized spacial score (nSPS) is 10.9. The second kappa shape index (κ2) is 8.04. The first kappa shape index (κ1) is 19.7. The largest absolute Gasteiger partial charge is 0.497 e. The first-order chi connectivity index (χ1) is 14.4. The summed E-state index contributed by atoms with van der Waals surface area (Å²) >= 11 is 6.09. The second-order valence-electron chi connectivity index (χ2n) is 6.83. The highest BCUT2D eigenvalue weighted by atomic mass is 35.5. The molecule has 4 aromatic rings. The Morgan fingerprint density at radius 3 is 2.60 bits per heavy atom. The summed E-state index contributed by atoms with van der Waals surface area (Å²) in [4.78, 5) is 25.2. The molecule has 0 aliphatic carbocycles. The second-order valence-corrected chi connectivity index (χ2v) is 7.24. The molecular weight excluding hydrogens is 404 g/mol. The molecule has 8 heteroatoms. The van der Waals surface area contributed by atoms with Crippen LogP contribution in [0.3, 0.4) is 0 Å². The predicted molar refractivity (Wildman–Crippen MR) is 116 cm³/mol. The van der Waals surface area contributed by atoms with Gasteiger partial charge in [-0.3, -0.25) is 9.59 Å². The molecule has 4 rings (SSSR count). The number of halogens is 1. The van der Waals surface area contributed by atoms with Crippen molar-refractivity contribution < 1.29 is 9.53 Å². The van der Waals surface area contributed by atoms with Gasteiger partial charge in [-0.25, -0.2) is 4.52 Å². The lowest BCUT2D eigenvalue weighted by atomic mass is 10.1. The van der Waals surface area contributed by atoms with Crippen molar-refractivity contribution >= 4 is 28.7 Å². The lowest BCUT2D eigenvalue weighted by molar-refractivity contribution is -0.116. The van der Waals surface area contributed by atoms with E-state index in [1.165, 1.54) is 9.08 Å². The highest BCUT2D eigenvalue weighted by molar-refractivity contribution is 6.31. The number of benzene rings is 2. The molecule has 0 unspecified atom stereocenters. The van der Waals surface area contributed by atoms with Gasteiger partial charge in [0.2, 0.25) is 5.91 Å². The first-order valence-corrected chi connectivity index (χ1v) is 9.61. The van der Waals surface area contributed by atoms with Gasteiger partial charge in [0.1, 0.15) is 17.8 Å². The molecule has 0 radical (unpaired) electrons. The maximum Gasteiger partial charge on any atom is 0.277 e. The first-order valence-electron chi connectivity index (χ1n) is 9.24. The molecule has 0 aliphatic heterocycles. The molecule has 0 saturated heterocycles. The Labute approximate surface area is 177 Å². The van der Waals surface area contributed by atoms with E-state index in [0.29, 0.717) is 21.9 Å². The van der Waals surface area contributed by atoms with Crippen LogP contribution in [0.1, 0.15) is 5.56 Å². The molecule has 0 spiro atoms. The van der Waals surface area contributed by atoms with E-state index in [1.807, 2.05) is 37.3 Å². The number of aromatic nitrogens is 3. The van der Waals surface area contributed by atoms with Gasteiger partial charge >= 0.3 is 0 Å². The zero-order valence-electron chi connectivity index (χ0n) is 16.4. The molecule has 30 heavy (non-hydrogen) atoms. The van der Waals surface area contributed by atoms with Gasteiger partial charge in [0.15, 0.2) is 0 Å². The molecule has 0 bridgehead atoms. The number of anilines is 1. The number of carbonyl (C=O) groups excluding carboxylic acids is 1. The van der Waals surface area contributed by atoms with Gasteiger partial charge in [-0.1, -0.05) is 17.7 Å². The zero-order chi connectivity index (χ0) is 21.3. The molecule has 0 saturated carbocycles. The predicted octanol–water partition coefficient (Wildman–Crippen LogP) is 3.77. The number of hydrogen-bond acceptors (Lipinski definition) is 4. The van der Waals surface area contributed by atoms with Crippen LogP contribution in [0.25, 0.3) is 16.8 Å². The fourth-order valence-corrected chi connectivity index (χ4v) is 3.26. The van der Waals surface area contributed by atoms with Crippen molar-refractivity contribution in [2.75, 3.05) is 12.4 Å². The smallest absolute Gasteiger partial charge is 0.277 e. The number of ether oxygens (including phenoxy) is 1. The monoisotopic (exact) mass is 422 g/mol. The molecule has 2 heterocycles. The molecule has 0 fully saturated rings. The molecule has 7 nitrogen and oxygen atoms in total. The van der Waals surface area contributed by atoms with Crippen LogP contribution < -0.4 is 15.6 Å². The summed E-state index contributed by atoms with van der Waals surface area (Å²) in [6.07, 6.45) is 3.20. The number of nitrogens with zero attached hydrogens (tertiary/aromatic N) is 3. The van der Waals surface area contributed by atoms with Crippen LogP contribution in [0.2, 0.25) is 5.02 Å². The lowest BCUT2D eigenvalue weighted by Crippen LogP contribution is -2.28. The number of aryl methyl sites for hydroxylation is 1. The average Bonchev–Trinajstić information content (AvgIpc) is 3.18. The number of carbonyl (C=O) groups is 1. The van der Waals surface area contributed by atoms with Crippen LogP contribution >= 0.6 is 11.6 Å². The summed E-state index contributed by atoms with van der Waals surface area (Å²) < 4.78 is 8.02. The van der Waals surface area contributed by atoms with Gasteiger partial charge in [0.25, 0.3) is 5.56 Å². The summed E-state index contributed by atoms with van der Waals surface area (Å²) in [7, 11) is 1.60. The average molecular weight is 423 g/mol. The minimum Gasteiger partial charge on any atom is -0.497 e. The highest BCUT2D eigenvalue weighted by Gasteiger charge is 2.12. The van der Waals surface area contributed by atoms with Crippen LogP contribution in [0.5, 0.6) is 5.75 Å². The fourth-order valence-electron chi connectivity index (χ4n) is 3.08. The number of amides is 1. The SMILES string of the molecule is COc1ccc(-c2cc3c(=O)n(CC(=O)Nc4ccc(C)c(Cl)c4)ccn3n2)cc1. The summed E-state index contributed by atoms with van der Waals surface area (Å²) in [6, 6.07) is 14.4.